The molecule has 1 saturated heterocycles. The van der Waals surface area contributed by atoms with Gasteiger partial charge in [0, 0.05) is 5.41 Å². The molecule has 72 valence electrons. The summed E-state index contributed by atoms with van der Waals surface area (Å²) >= 11 is 0. The van der Waals surface area contributed by atoms with Crippen molar-refractivity contribution < 1.29 is 9.53 Å². The predicted molar refractivity (Wildman–Crippen MR) is 51.7 cm³/mol. The summed E-state index contributed by atoms with van der Waals surface area (Å²) in [5, 5.41) is 0. The molecule has 3 rings (SSSR count). The molecule has 0 bridgehead atoms. The summed E-state index contributed by atoms with van der Waals surface area (Å²) < 4.78 is 5.10. The highest BCUT2D eigenvalue weighted by atomic mass is 16.5. The number of benzene rings is 1. The fourth-order valence-electron chi connectivity index (χ4n) is 2.82. The van der Waals surface area contributed by atoms with Gasteiger partial charge in [0.25, 0.3) is 0 Å². The lowest BCUT2D eigenvalue weighted by Gasteiger charge is -2.12. The largest absolute Gasteiger partial charge is 0.464 e. The van der Waals surface area contributed by atoms with E-state index in [0.717, 1.165) is 0 Å². The van der Waals surface area contributed by atoms with Crippen molar-refractivity contribution in [3.05, 3.63) is 35.9 Å². The van der Waals surface area contributed by atoms with Gasteiger partial charge in [-0.1, -0.05) is 37.3 Å². The Bertz CT molecular complexity index is 385. The first kappa shape index (κ1) is 8.04. The van der Waals surface area contributed by atoms with Crippen LogP contribution in [0.1, 0.15) is 12.5 Å². The van der Waals surface area contributed by atoms with Crippen LogP contribution < -0.4 is 0 Å². The Morgan fingerprint density at radius 3 is 2.64 bits per heavy atom. The molecule has 1 aliphatic carbocycles. The van der Waals surface area contributed by atoms with Crippen LogP contribution in [0.3, 0.4) is 0 Å². The molecule has 1 aliphatic heterocycles. The first-order chi connectivity index (χ1) is 6.77. The maximum Gasteiger partial charge on any atom is 0.310 e. The molecule has 3 atom stereocenters. The van der Waals surface area contributed by atoms with Crippen molar-refractivity contribution in [2.75, 3.05) is 6.61 Å². The average Bonchev–Trinajstić information content (AvgIpc) is 2.65. The van der Waals surface area contributed by atoms with Crippen molar-refractivity contribution in [3.63, 3.8) is 0 Å². The molecule has 1 aromatic carbocycles. The van der Waals surface area contributed by atoms with Crippen molar-refractivity contribution in [2.45, 2.75) is 12.3 Å². The summed E-state index contributed by atoms with van der Waals surface area (Å²) in [6.07, 6.45) is 0. The third-order valence-corrected chi connectivity index (χ3v) is 3.78. The second-order valence-electron chi connectivity index (χ2n) is 4.28. The molecule has 14 heavy (non-hydrogen) atoms. The molecule has 0 amide bonds. The summed E-state index contributed by atoms with van der Waals surface area (Å²) in [5.41, 5.74) is 1.27. The van der Waals surface area contributed by atoms with Crippen molar-refractivity contribution in [2.24, 2.45) is 11.8 Å². The van der Waals surface area contributed by atoms with Crippen molar-refractivity contribution >= 4 is 5.97 Å². The first-order valence-corrected chi connectivity index (χ1v) is 4.99. The van der Waals surface area contributed by atoms with Crippen LogP contribution in [0.5, 0.6) is 0 Å². The minimum atomic E-state index is -0.0126. The molecule has 1 heterocycles. The highest BCUT2D eigenvalue weighted by Gasteiger charge is 2.71. The van der Waals surface area contributed by atoms with Gasteiger partial charge in [-0.15, -0.1) is 0 Å². The highest BCUT2D eigenvalue weighted by molar-refractivity contribution is 5.83. The van der Waals surface area contributed by atoms with E-state index in [1.54, 1.807) is 0 Å². The Hall–Kier alpha value is -1.31. The van der Waals surface area contributed by atoms with Crippen molar-refractivity contribution in [3.8, 4) is 0 Å². The monoisotopic (exact) mass is 188 g/mol. The van der Waals surface area contributed by atoms with E-state index in [1.165, 1.54) is 5.56 Å². The molecule has 1 aromatic rings. The minimum absolute atomic E-state index is 0.0122. The SMILES string of the molecule is C[C@H]1C2C(=O)OC[C@]21c1ccccc1. The molecular weight excluding hydrogens is 176 g/mol. The Balaban J connectivity index is 2.05. The maximum atomic E-state index is 11.4. The fraction of sp³-hybridized carbons (Fsp3) is 0.417. The number of carbonyl (C=O) groups is 1. The van der Waals surface area contributed by atoms with Gasteiger partial charge in [-0.25, -0.2) is 0 Å². The van der Waals surface area contributed by atoms with Crippen LogP contribution in [0.4, 0.5) is 0 Å². The van der Waals surface area contributed by atoms with E-state index in [4.69, 9.17) is 4.74 Å². The van der Waals surface area contributed by atoms with E-state index in [1.807, 2.05) is 18.2 Å². The molecule has 2 heteroatoms. The smallest absolute Gasteiger partial charge is 0.310 e. The van der Waals surface area contributed by atoms with Gasteiger partial charge in [-0.3, -0.25) is 4.79 Å². The molecule has 1 saturated carbocycles. The third kappa shape index (κ3) is 0.746. The van der Waals surface area contributed by atoms with E-state index in [-0.39, 0.29) is 17.3 Å². The lowest BCUT2D eigenvalue weighted by atomic mass is 9.94. The molecule has 0 spiro atoms. The standard InChI is InChI=1S/C12H12O2/c1-8-10-11(13)14-7-12(8,10)9-5-3-2-4-6-9/h2-6,8,10H,7H2,1H3/t8-,10?,12-/m0/s1. The Kier molecular flexibility index (Phi) is 1.37. The number of fused-ring (bicyclic) bond motifs is 1. The molecule has 0 aromatic heterocycles. The van der Waals surface area contributed by atoms with Gasteiger partial charge in [0.05, 0.1) is 5.92 Å². The molecule has 2 nitrogen and oxygen atoms in total. The van der Waals surface area contributed by atoms with E-state index in [9.17, 15) is 4.79 Å². The van der Waals surface area contributed by atoms with Crippen LogP contribution in [-0.2, 0) is 14.9 Å². The Morgan fingerprint density at radius 1 is 1.36 bits per heavy atom. The van der Waals surface area contributed by atoms with Crippen LogP contribution in [-0.4, -0.2) is 12.6 Å². The lowest BCUT2D eigenvalue weighted by Crippen LogP contribution is -2.13. The third-order valence-electron chi connectivity index (χ3n) is 3.78. The average molecular weight is 188 g/mol. The number of hydrogen-bond donors (Lipinski definition) is 0. The van der Waals surface area contributed by atoms with Crippen molar-refractivity contribution in [1.82, 2.24) is 0 Å². The molecule has 2 fully saturated rings. The summed E-state index contributed by atoms with van der Waals surface area (Å²) in [6.45, 7) is 2.71. The zero-order valence-electron chi connectivity index (χ0n) is 8.07. The van der Waals surface area contributed by atoms with Gasteiger partial charge in [-0.2, -0.15) is 0 Å². The number of ether oxygens (including phenoxy) is 1. The number of esters is 1. The van der Waals surface area contributed by atoms with E-state index >= 15 is 0 Å². The summed E-state index contributed by atoms with van der Waals surface area (Å²) in [5.74, 6) is 0.553. The summed E-state index contributed by atoms with van der Waals surface area (Å²) in [6, 6.07) is 10.2. The van der Waals surface area contributed by atoms with Crippen LogP contribution >= 0.6 is 0 Å². The number of cyclic esters (lactones) is 1. The van der Waals surface area contributed by atoms with Gasteiger partial charge in [-0.05, 0) is 11.5 Å². The van der Waals surface area contributed by atoms with E-state index in [2.05, 4.69) is 19.1 Å². The second kappa shape index (κ2) is 2.38. The van der Waals surface area contributed by atoms with Gasteiger partial charge < -0.3 is 4.74 Å². The zero-order chi connectivity index (χ0) is 9.76. The predicted octanol–water partition coefficient (Wildman–Crippen LogP) is 1.75. The van der Waals surface area contributed by atoms with Crippen LogP contribution in [0.25, 0.3) is 0 Å². The number of carbonyl (C=O) groups excluding carboxylic acids is 1. The van der Waals surface area contributed by atoms with Gasteiger partial charge >= 0.3 is 5.97 Å². The maximum absolute atomic E-state index is 11.4. The molecular formula is C12H12O2. The first-order valence-electron chi connectivity index (χ1n) is 4.99. The summed E-state index contributed by atoms with van der Waals surface area (Å²) in [7, 11) is 0. The number of hydrogen-bond acceptors (Lipinski definition) is 2. The summed E-state index contributed by atoms with van der Waals surface area (Å²) in [4.78, 5) is 11.4. The highest BCUT2D eigenvalue weighted by Crippen LogP contribution is 2.63. The number of rotatable bonds is 1. The molecule has 1 unspecified atom stereocenters. The fourth-order valence-corrected chi connectivity index (χ4v) is 2.82. The quantitative estimate of drug-likeness (QED) is 0.627. The minimum Gasteiger partial charge on any atom is -0.464 e. The van der Waals surface area contributed by atoms with Crippen molar-refractivity contribution in [1.29, 1.82) is 0 Å². The van der Waals surface area contributed by atoms with Crippen LogP contribution in [0, 0.1) is 11.8 Å². The molecule has 2 aliphatic rings. The molecule has 0 radical (unpaired) electrons. The second-order valence-corrected chi connectivity index (χ2v) is 4.28. The van der Waals surface area contributed by atoms with Gasteiger partial charge in [0.15, 0.2) is 0 Å². The van der Waals surface area contributed by atoms with Gasteiger partial charge in [0.1, 0.15) is 6.61 Å². The van der Waals surface area contributed by atoms with E-state index in [0.29, 0.717) is 12.5 Å². The van der Waals surface area contributed by atoms with E-state index < -0.39 is 0 Å². The topological polar surface area (TPSA) is 26.3 Å². The Morgan fingerprint density at radius 2 is 2.07 bits per heavy atom. The van der Waals surface area contributed by atoms with Crippen LogP contribution in [0.2, 0.25) is 0 Å². The molecule has 0 N–H and O–H groups in total. The van der Waals surface area contributed by atoms with Gasteiger partial charge in [0.2, 0.25) is 0 Å². The normalized spacial score (nSPS) is 39.1. The van der Waals surface area contributed by atoms with Crippen LogP contribution in [0.15, 0.2) is 30.3 Å². The Labute approximate surface area is 82.9 Å². The zero-order valence-corrected chi connectivity index (χ0v) is 8.07. The lowest BCUT2D eigenvalue weighted by molar-refractivity contribution is -0.141.